The molecule has 0 bridgehead atoms. The number of alkyl halides is 3. The largest absolute Gasteiger partial charge is 0.495 e. The number of pyridine rings is 1. The number of benzene rings is 1. The molecule has 1 amide bonds. The second kappa shape index (κ2) is 11.4. The van der Waals surface area contributed by atoms with Crippen molar-refractivity contribution in [1.29, 1.82) is 0 Å². The van der Waals surface area contributed by atoms with Crippen molar-refractivity contribution >= 4 is 47.1 Å². The number of piperidine rings is 1. The van der Waals surface area contributed by atoms with E-state index in [1.165, 1.54) is 11.6 Å². The van der Waals surface area contributed by atoms with Crippen molar-refractivity contribution in [3.05, 3.63) is 42.1 Å². The predicted octanol–water partition coefficient (Wildman–Crippen LogP) is 4.70. The van der Waals surface area contributed by atoms with E-state index in [9.17, 15) is 22.5 Å². The average molecular weight is 580 g/mol. The van der Waals surface area contributed by atoms with Gasteiger partial charge in [0.15, 0.2) is 0 Å². The molecule has 0 saturated carbocycles. The van der Waals surface area contributed by atoms with Crippen molar-refractivity contribution in [2.24, 2.45) is 0 Å². The van der Waals surface area contributed by atoms with Crippen LogP contribution in [0.4, 0.5) is 24.7 Å². The molecule has 4 rings (SSSR count). The highest BCUT2D eigenvalue weighted by atomic mass is 32.2. The number of thioether (sulfide) groups is 1. The fourth-order valence-corrected chi connectivity index (χ4v) is 5.70. The number of halogens is 3. The van der Waals surface area contributed by atoms with Crippen molar-refractivity contribution in [2.75, 3.05) is 51.2 Å². The van der Waals surface area contributed by atoms with Gasteiger partial charge in [0.05, 0.1) is 29.8 Å². The van der Waals surface area contributed by atoms with E-state index in [1.54, 1.807) is 61.7 Å². The molecule has 39 heavy (non-hydrogen) atoms. The Kier molecular flexibility index (Phi) is 8.42. The molecule has 1 aliphatic rings. The number of anilines is 2. The Balaban J connectivity index is 1.60. The number of hydrogen-bond donors (Lipinski definition) is 2. The zero-order chi connectivity index (χ0) is 28.4. The number of nitrogens with zero attached hydrogens (tertiary/aromatic N) is 3. The van der Waals surface area contributed by atoms with Gasteiger partial charge in [-0.2, -0.15) is 18.3 Å². The third-order valence-electron chi connectivity index (χ3n) is 6.22. The van der Waals surface area contributed by atoms with Gasteiger partial charge in [-0.05, 0) is 67.8 Å². The quantitative estimate of drug-likeness (QED) is 0.238. The van der Waals surface area contributed by atoms with E-state index in [-0.39, 0.29) is 52.8 Å². The summed E-state index contributed by atoms with van der Waals surface area (Å²) < 4.78 is 59.6. The zero-order valence-corrected chi connectivity index (χ0v) is 23.6. The maximum atomic E-state index is 13.5. The van der Waals surface area contributed by atoms with Gasteiger partial charge in [-0.3, -0.25) is 4.79 Å². The number of amides is 1. The first-order valence-corrected chi connectivity index (χ1v) is 15.5. The molecule has 3 aromatic rings. The van der Waals surface area contributed by atoms with Crippen LogP contribution in [0.15, 0.2) is 41.3 Å². The molecule has 0 spiro atoms. The van der Waals surface area contributed by atoms with E-state index >= 15 is 0 Å². The monoisotopic (exact) mass is 579 g/mol. The molecule has 1 saturated heterocycles. The lowest BCUT2D eigenvalue weighted by atomic mass is 10.1. The fourth-order valence-electron chi connectivity index (χ4n) is 4.16. The molecule has 208 valence electrons. The van der Waals surface area contributed by atoms with Crippen LogP contribution in [0.3, 0.4) is 0 Å². The van der Waals surface area contributed by atoms with E-state index in [0.717, 1.165) is 0 Å². The third kappa shape index (κ3) is 7.02. The number of aromatic nitrogens is 2. The summed E-state index contributed by atoms with van der Waals surface area (Å²) >= 11 is -0.258. The lowest BCUT2D eigenvalue weighted by Gasteiger charge is -2.29. The van der Waals surface area contributed by atoms with Crippen LogP contribution in [0.5, 0.6) is 5.75 Å². The maximum Gasteiger partial charge on any atom is 0.446 e. The lowest BCUT2D eigenvalue weighted by molar-refractivity contribution is -0.132. The summed E-state index contributed by atoms with van der Waals surface area (Å²) in [5.41, 5.74) is -3.66. The van der Waals surface area contributed by atoms with Crippen LogP contribution in [0.1, 0.15) is 18.5 Å². The molecule has 1 fully saturated rings. The summed E-state index contributed by atoms with van der Waals surface area (Å²) in [7, 11) is 0.766. The summed E-state index contributed by atoms with van der Waals surface area (Å²) in [6.45, 7) is 4.03. The number of methoxy groups -OCH3 is 1. The average Bonchev–Trinajstić information content (AvgIpc) is 3.20. The van der Waals surface area contributed by atoms with Crippen LogP contribution in [-0.4, -0.2) is 72.5 Å². The van der Waals surface area contributed by atoms with Crippen molar-refractivity contribution in [2.45, 2.75) is 29.3 Å². The van der Waals surface area contributed by atoms with Gasteiger partial charge in [0, 0.05) is 31.4 Å². The van der Waals surface area contributed by atoms with Gasteiger partial charge in [0.1, 0.15) is 24.4 Å². The van der Waals surface area contributed by atoms with E-state index < -0.39 is 12.7 Å². The number of carbonyl (C=O) groups is 1. The molecule has 2 N–H and O–H groups in total. The molecule has 1 aliphatic heterocycles. The van der Waals surface area contributed by atoms with Crippen molar-refractivity contribution in [3.8, 4) is 17.6 Å². The van der Waals surface area contributed by atoms with Gasteiger partial charge in [-0.15, -0.1) is 0 Å². The summed E-state index contributed by atoms with van der Waals surface area (Å²) in [4.78, 5) is 13.7. The summed E-state index contributed by atoms with van der Waals surface area (Å²) in [6.07, 6.45) is 0.996. The molecular formula is C26H29F3N5O3PS. The summed E-state index contributed by atoms with van der Waals surface area (Å²) in [6, 6.07) is 9.94. The minimum absolute atomic E-state index is 0.00318. The Morgan fingerprint density at radius 1 is 1.26 bits per heavy atom. The highest BCUT2D eigenvalue weighted by Crippen LogP contribution is 2.41. The summed E-state index contributed by atoms with van der Waals surface area (Å²) in [5, 5.41) is 11.4. The smallest absolute Gasteiger partial charge is 0.446 e. The normalized spacial score (nSPS) is 16.1. The third-order valence-corrected chi connectivity index (χ3v) is 8.58. The van der Waals surface area contributed by atoms with Gasteiger partial charge >= 0.3 is 5.51 Å². The molecule has 1 aromatic carbocycles. The second-order valence-electron chi connectivity index (χ2n) is 9.47. The molecule has 2 aromatic heterocycles. The number of carbonyl (C=O) groups excluding carboxylic acids is 1. The van der Waals surface area contributed by atoms with Gasteiger partial charge in [-0.1, -0.05) is 12.0 Å². The molecule has 1 unspecified atom stereocenters. The minimum atomic E-state index is -4.53. The first-order valence-electron chi connectivity index (χ1n) is 12.1. The molecule has 13 heteroatoms. The van der Waals surface area contributed by atoms with Gasteiger partial charge in [0.2, 0.25) is 5.91 Å². The number of nitrogens with one attached hydrogen (secondary N) is 2. The maximum absolute atomic E-state index is 13.5. The SMILES string of the molecule is COc1cc(P(C)(C)=O)ccc1NCC#Cc1nn2c(NC3CCN(C)C(=O)C3)cccc2c1SC(F)(F)F. The second-order valence-corrected chi connectivity index (χ2v) is 13.8. The number of fused-ring (bicyclic) bond motifs is 1. The highest BCUT2D eigenvalue weighted by molar-refractivity contribution is 8.00. The minimum Gasteiger partial charge on any atom is -0.495 e. The van der Waals surface area contributed by atoms with Gasteiger partial charge in [-0.25, -0.2) is 4.52 Å². The van der Waals surface area contributed by atoms with Crippen LogP contribution in [0.2, 0.25) is 0 Å². The van der Waals surface area contributed by atoms with Crippen molar-refractivity contribution < 1.29 is 27.3 Å². The van der Waals surface area contributed by atoms with E-state index in [4.69, 9.17) is 4.74 Å². The Morgan fingerprint density at radius 2 is 2.03 bits per heavy atom. The number of rotatable bonds is 7. The number of ether oxygens (including phenoxy) is 1. The topological polar surface area (TPSA) is 88.0 Å². The van der Waals surface area contributed by atoms with Crippen molar-refractivity contribution in [3.63, 3.8) is 0 Å². The zero-order valence-electron chi connectivity index (χ0n) is 21.9. The Bertz CT molecular complexity index is 1490. The standard InChI is InChI=1S/C26H29F3N5O3PS/c1-33-14-12-17(15-24(33)35)31-23-9-5-8-21-25(39-26(27,28)29)20(32-34(21)23)7-6-13-30-19-11-10-18(38(3,4)36)16-22(19)37-2/h5,8-11,16-17,30-31H,12-15H2,1-4H3. The Hall–Kier alpha value is -3.29. The van der Waals surface area contributed by atoms with Crippen molar-refractivity contribution in [1.82, 2.24) is 14.5 Å². The first kappa shape index (κ1) is 28.7. The first-order chi connectivity index (χ1) is 18.4. The van der Waals surface area contributed by atoms with E-state index in [2.05, 4.69) is 27.6 Å². The predicted molar refractivity (Wildman–Crippen MR) is 149 cm³/mol. The van der Waals surface area contributed by atoms with Crippen LogP contribution in [-0.2, 0) is 9.36 Å². The van der Waals surface area contributed by atoms with Crippen LogP contribution in [0.25, 0.3) is 5.52 Å². The van der Waals surface area contributed by atoms with Gasteiger partial charge in [0.25, 0.3) is 0 Å². The lowest BCUT2D eigenvalue weighted by Crippen LogP contribution is -2.41. The highest BCUT2D eigenvalue weighted by Gasteiger charge is 2.33. The van der Waals surface area contributed by atoms with Gasteiger partial charge < -0.3 is 24.8 Å². The molecular weight excluding hydrogens is 550 g/mol. The molecule has 0 radical (unpaired) electrons. The Labute approximate surface area is 229 Å². The number of hydrogen-bond acceptors (Lipinski definition) is 7. The molecule has 1 atom stereocenters. The number of likely N-dealkylation sites (tertiary alicyclic amines) is 1. The van der Waals surface area contributed by atoms with E-state index in [1.807, 2.05) is 0 Å². The molecule has 0 aliphatic carbocycles. The fraction of sp³-hybridized carbons (Fsp3) is 0.385. The molecule has 3 heterocycles. The van der Waals surface area contributed by atoms with Crippen LogP contribution >= 0.6 is 18.9 Å². The Morgan fingerprint density at radius 3 is 2.69 bits per heavy atom. The van der Waals surface area contributed by atoms with Crippen LogP contribution in [0, 0.1) is 11.8 Å². The van der Waals surface area contributed by atoms with E-state index in [0.29, 0.717) is 35.5 Å². The molecule has 8 nitrogen and oxygen atoms in total. The summed E-state index contributed by atoms with van der Waals surface area (Å²) in [5.74, 6) is 6.60. The van der Waals surface area contributed by atoms with Crippen LogP contribution < -0.4 is 20.7 Å².